The van der Waals surface area contributed by atoms with Gasteiger partial charge in [-0.3, -0.25) is 9.59 Å². The van der Waals surface area contributed by atoms with E-state index >= 15 is 0 Å². The average Bonchev–Trinajstić information content (AvgIpc) is 2.64. The molecule has 2 fully saturated rings. The predicted molar refractivity (Wildman–Crippen MR) is 95.7 cm³/mol. The first-order valence-electron chi connectivity index (χ1n) is 9.30. The first kappa shape index (κ1) is 17.0. The summed E-state index contributed by atoms with van der Waals surface area (Å²) < 4.78 is 0. The monoisotopic (exact) mass is 328 g/mol. The highest BCUT2D eigenvalue weighted by Gasteiger charge is 2.32. The van der Waals surface area contributed by atoms with Crippen LogP contribution in [-0.2, 0) is 9.59 Å². The SMILES string of the molecule is Cc1ccc(NC(=O)[C@H]2CCCN(C(=O)C3CCCCC3)C2)cc1. The van der Waals surface area contributed by atoms with Crippen LogP contribution in [0, 0.1) is 18.8 Å². The first-order valence-corrected chi connectivity index (χ1v) is 9.30. The van der Waals surface area contributed by atoms with Gasteiger partial charge in [0.1, 0.15) is 0 Å². The van der Waals surface area contributed by atoms with Crippen molar-refractivity contribution < 1.29 is 9.59 Å². The van der Waals surface area contributed by atoms with Gasteiger partial charge in [-0.2, -0.15) is 0 Å². The van der Waals surface area contributed by atoms with E-state index in [1.54, 1.807) is 0 Å². The Hall–Kier alpha value is -1.84. The number of anilines is 1. The molecular formula is C20H28N2O2. The Morgan fingerprint density at radius 1 is 0.958 bits per heavy atom. The second kappa shape index (κ2) is 7.82. The fraction of sp³-hybridized carbons (Fsp3) is 0.600. The lowest BCUT2D eigenvalue weighted by molar-refractivity contribution is -0.139. The van der Waals surface area contributed by atoms with Gasteiger partial charge >= 0.3 is 0 Å². The topological polar surface area (TPSA) is 49.4 Å². The van der Waals surface area contributed by atoms with E-state index < -0.39 is 0 Å². The summed E-state index contributed by atoms with van der Waals surface area (Å²) in [5, 5.41) is 3.00. The van der Waals surface area contributed by atoms with Crippen LogP contribution < -0.4 is 5.32 Å². The Balaban J connectivity index is 1.57. The van der Waals surface area contributed by atoms with E-state index in [0.29, 0.717) is 6.54 Å². The number of hydrogen-bond donors (Lipinski definition) is 1. The molecule has 1 saturated heterocycles. The van der Waals surface area contributed by atoms with E-state index in [1.807, 2.05) is 36.1 Å². The van der Waals surface area contributed by atoms with Crippen molar-refractivity contribution in [1.82, 2.24) is 4.90 Å². The Morgan fingerprint density at radius 3 is 2.33 bits per heavy atom. The molecule has 1 aliphatic heterocycles. The number of nitrogens with one attached hydrogen (secondary N) is 1. The van der Waals surface area contributed by atoms with Crippen molar-refractivity contribution in [2.24, 2.45) is 11.8 Å². The number of rotatable bonds is 3. The van der Waals surface area contributed by atoms with Gasteiger partial charge in [0.2, 0.25) is 11.8 Å². The highest BCUT2D eigenvalue weighted by Crippen LogP contribution is 2.28. The maximum atomic E-state index is 12.7. The molecule has 0 spiro atoms. The normalized spacial score (nSPS) is 22.2. The highest BCUT2D eigenvalue weighted by molar-refractivity contribution is 5.93. The minimum absolute atomic E-state index is 0.0417. The third-order valence-corrected chi connectivity index (χ3v) is 5.38. The van der Waals surface area contributed by atoms with Crippen molar-refractivity contribution in [3.8, 4) is 0 Å². The minimum atomic E-state index is -0.0902. The number of amides is 2. The summed E-state index contributed by atoms with van der Waals surface area (Å²) in [7, 11) is 0. The second-order valence-electron chi connectivity index (χ2n) is 7.31. The van der Waals surface area contributed by atoms with Gasteiger partial charge in [0.15, 0.2) is 0 Å². The lowest BCUT2D eigenvalue weighted by Gasteiger charge is -2.35. The van der Waals surface area contributed by atoms with Gasteiger partial charge in [0.05, 0.1) is 5.92 Å². The van der Waals surface area contributed by atoms with Crippen molar-refractivity contribution >= 4 is 17.5 Å². The Kier molecular flexibility index (Phi) is 5.54. The van der Waals surface area contributed by atoms with E-state index in [0.717, 1.165) is 37.9 Å². The van der Waals surface area contributed by atoms with Crippen LogP contribution in [0.5, 0.6) is 0 Å². The summed E-state index contributed by atoms with van der Waals surface area (Å²) in [4.78, 5) is 27.2. The molecule has 1 aromatic rings. The summed E-state index contributed by atoms with van der Waals surface area (Å²) >= 11 is 0. The van der Waals surface area contributed by atoms with E-state index in [4.69, 9.17) is 0 Å². The van der Waals surface area contributed by atoms with Crippen molar-refractivity contribution in [2.75, 3.05) is 18.4 Å². The van der Waals surface area contributed by atoms with Gasteiger partial charge < -0.3 is 10.2 Å². The van der Waals surface area contributed by atoms with Gasteiger partial charge in [0.25, 0.3) is 0 Å². The standard InChI is InChI=1S/C20H28N2O2/c1-15-9-11-18(12-10-15)21-19(23)17-8-5-13-22(14-17)20(24)16-6-3-2-4-7-16/h9-12,16-17H,2-8,13-14H2,1H3,(H,21,23)/t17-/m0/s1. The zero-order valence-corrected chi connectivity index (χ0v) is 14.6. The molecule has 4 heteroatoms. The summed E-state index contributed by atoms with van der Waals surface area (Å²) in [6.45, 7) is 3.41. The number of carbonyl (C=O) groups is 2. The molecule has 1 N–H and O–H groups in total. The Morgan fingerprint density at radius 2 is 1.62 bits per heavy atom. The average molecular weight is 328 g/mol. The number of benzene rings is 1. The van der Waals surface area contributed by atoms with Crippen LogP contribution in [0.3, 0.4) is 0 Å². The van der Waals surface area contributed by atoms with Crippen molar-refractivity contribution in [3.63, 3.8) is 0 Å². The van der Waals surface area contributed by atoms with Crippen LogP contribution in [0.15, 0.2) is 24.3 Å². The molecule has 24 heavy (non-hydrogen) atoms. The van der Waals surface area contributed by atoms with Gasteiger partial charge in [0, 0.05) is 24.7 Å². The van der Waals surface area contributed by atoms with Crippen LogP contribution in [0.4, 0.5) is 5.69 Å². The van der Waals surface area contributed by atoms with Gasteiger partial charge in [-0.25, -0.2) is 0 Å². The number of piperidine rings is 1. The molecule has 1 saturated carbocycles. The van der Waals surface area contributed by atoms with Gasteiger partial charge in [-0.05, 0) is 44.7 Å². The number of carbonyl (C=O) groups excluding carboxylic acids is 2. The molecule has 0 unspecified atom stereocenters. The highest BCUT2D eigenvalue weighted by atomic mass is 16.2. The summed E-state index contributed by atoms with van der Waals surface area (Å²) in [6, 6.07) is 7.85. The maximum Gasteiger partial charge on any atom is 0.229 e. The van der Waals surface area contributed by atoms with E-state index in [-0.39, 0.29) is 23.7 Å². The fourth-order valence-corrected chi connectivity index (χ4v) is 3.88. The fourth-order valence-electron chi connectivity index (χ4n) is 3.88. The van der Waals surface area contributed by atoms with Crippen LogP contribution in [0.2, 0.25) is 0 Å². The van der Waals surface area contributed by atoms with Crippen LogP contribution in [0.25, 0.3) is 0 Å². The maximum absolute atomic E-state index is 12.7. The molecule has 130 valence electrons. The number of hydrogen-bond acceptors (Lipinski definition) is 2. The van der Waals surface area contributed by atoms with Crippen LogP contribution in [-0.4, -0.2) is 29.8 Å². The molecule has 0 aromatic heterocycles. The Labute approximate surface area is 144 Å². The lowest BCUT2D eigenvalue weighted by atomic mass is 9.87. The van der Waals surface area contributed by atoms with Crippen molar-refractivity contribution in [1.29, 1.82) is 0 Å². The van der Waals surface area contributed by atoms with E-state index in [2.05, 4.69) is 5.32 Å². The largest absolute Gasteiger partial charge is 0.342 e. The zero-order valence-electron chi connectivity index (χ0n) is 14.6. The van der Waals surface area contributed by atoms with Crippen molar-refractivity contribution in [2.45, 2.75) is 51.9 Å². The van der Waals surface area contributed by atoms with Gasteiger partial charge in [-0.15, -0.1) is 0 Å². The Bertz CT molecular complexity index is 576. The minimum Gasteiger partial charge on any atom is -0.342 e. The predicted octanol–water partition coefficient (Wildman–Crippen LogP) is 3.75. The molecule has 0 bridgehead atoms. The summed E-state index contributed by atoms with van der Waals surface area (Å²) in [5.41, 5.74) is 2.01. The molecule has 1 heterocycles. The first-order chi connectivity index (χ1) is 11.6. The lowest BCUT2D eigenvalue weighted by Crippen LogP contribution is -2.46. The van der Waals surface area contributed by atoms with Crippen LogP contribution >= 0.6 is 0 Å². The number of likely N-dealkylation sites (tertiary alicyclic amines) is 1. The van der Waals surface area contributed by atoms with Crippen LogP contribution in [0.1, 0.15) is 50.5 Å². The van der Waals surface area contributed by atoms with Crippen molar-refractivity contribution in [3.05, 3.63) is 29.8 Å². The third kappa shape index (κ3) is 4.16. The smallest absolute Gasteiger partial charge is 0.229 e. The second-order valence-corrected chi connectivity index (χ2v) is 7.31. The van der Waals surface area contributed by atoms with E-state index in [1.165, 1.54) is 24.8 Å². The number of aryl methyl sites for hydroxylation is 1. The van der Waals surface area contributed by atoms with Gasteiger partial charge in [-0.1, -0.05) is 37.0 Å². The molecular weight excluding hydrogens is 300 g/mol. The third-order valence-electron chi connectivity index (χ3n) is 5.38. The molecule has 1 atom stereocenters. The zero-order chi connectivity index (χ0) is 16.9. The molecule has 2 aliphatic rings. The quantitative estimate of drug-likeness (QED) is 0.918. The molecule has 1 aliphatic carbocycles. The molecule has 4 nitrogen and oxygen atoms in total. The molecule has 0 radical (unpaired) electrons. The summed E-state index contributed by atoms with van der Waals surface area (Å²) in [5.74, 6) is 0.424. The molecule has 3 rings (SSSR count). The number of nitrogens with zero attached hydrogens (tertiary/aromatic N) is 1. The molecule has 2 amide bonds. The molecule has 1 aromatic carbocycles. The van der Waals surface area contributed by atoms with E-state index in [9.17, 15) is 9.59 Å². The summed E-state index contributed by atoms with van der Waals surface area (Å²) in [6.07, 6.45) is 7.43.